The molecule has 0 saturated carbocycles. The van der Waals surface area contributed by atoms with Crippen molar-refractivity contribution in [2.75, 3.05) is 10.7 Å². The highest BCUT2D eigenvalue weighted by molar-refractivity contribution is 5.64. The van der Waals surface area contributed by atoms with Crippen molar-refractivity contribution in [2.45, 2.75) is 27.2 Å². The number of benzene rings is 1. The van der Waals surface area contributed by atoms with Crippen molar-refractivity contribution in [3.8, 4) is 0 Å². The minimum Gasteiger partial charge on any atom is -0.340 e. The molecule has 0 aliphatic rings. The summed E-state index contributed by atoms with van der Waals surface area (Å²) in [7, 11) is 0. The van der Waals surface area contributed by atoms with Gasteiger partial charge < -0.3 is 10.7 Å². The number of hydrazine groups is 1. The third kappa shape index (κ3) is 2.85. The summed E-state index contributed by atoms with van der Waals surface area (Å²) in [5.41, 5.74) is 4.73. The van der Waals surface area contributed by atoms with E-state index in [2.05, 4.69) is 20.7 Å². The summed E-state index contributed by atoms with van der Waals surface area (Å²) < 4.78 is 13.3. The zero-order valence-electron chi connectivity index (χ0n) is 11.8. The summed E-state index contributed by atoms with van der Waals surface area (Å²) in [5.74, 6) is 7.16. The standard InChI is InChI=1S/C14H18FN5/c1-4-12-18-13(9(3)14(19-12)20-16)17-10-5-6-11(15)8(2)7-10/h5-7H,4,16H2,1-3H3,(H2,17,18,19,20). The van der Waals surface area contributed by atoms with Crippen molar-refractivity contribution in [3.63, 3.8) is 0 Å². The Labute approximate surface area is 117 Å². The van der Waals surface area contributed by atoms with Crippen LogP contribution < -0.4 is 16.6 Å². The van der Waals surface area contributed by atoms with Crippen LogP contribution in [0.1, 0.15) is 23.9 Å². The molecule has 1 aromatic heterocycles. The van der Waals surface area contributed by atoms with E-state index in [1.54, 1.807) is 19.1 Å². The molecule has 1 aromatic carbocycles. The van der Waals surface area contributed by atoms with Crippen molar-refractivity contribution in [2.24, 2.45) is 5.84 Å². The first kappa shape index (κ1) is 14.2. The SMILES string of the molecule is CCc1nc(NN)c(C)c(Nc2ccc(F)c(C)c2)n1. The fourth-order valence-corrected chi connectivity index (χ4v) is 1.84. The number of anilines is 3. The second-order valence-electron chi connectivity index (χ2n) is 4.55. The number of hydrogen-bond donors (Lipinski definition) is 3. The van der Waals surface area contributed by atoms with Crippen molar-refractivity contribution >= 4 is 17.3 Å². The summed E-state index contributed by atoms with van der Waals surface area (Å²) in [5, 5.41) is 3.18. The maximum Gasteiger partial charge on any atom is 0.148 e. The van der Waals surface area contributed by atoms with Crippen LogP contribution in [0.15, 0.2) is 18.2 Å². The first-order valence-electron chi connectivity index (χ1n) is 6.42. The molecule has 0 bridgehead atoms. The van der Waals surface area contributed by atoms with E-state index in [1.807, 2.05) is 13.8 Å². The van der Waals surface area contributed by atoms with Crippen LogP contribution >= 0.6 is 0 Å². The number of hydrogen-bond acceptors (Lipinski definition) is 5. The number of nitrogens with zero attached hydrogens (tertiary/aromatic N) is 2. The highest BCUT2D eigenvalue weighted by Crippen LogP contribution is 2.24. The highest BCUT2D eigenvalue weighted by atomic mass is 19.1. The van der Waals surface area contributed by atoms with Gasteiger partial charge in [-0.1, -0.05) is 6.92 Å². The van der Waals surface area contributed by atoms with Crippen LogP contribution in [-0.4, -0.2) is 9.97 Å². The van der Waals surface area contributed by atoms with Gasteiger partial charge in [0.1, 0.15) is 23.3 Å². The average Bonchev–Trinajstić information content (AvgIpc) is 2.45. The van der Waals surface area contributed by atoms with E-state index in [9.17, 15) is 4.39 Å². The molecule has 4 N–H and O–H groups in total. The molecule has 0 unspecified atom stereocenters. The Bertz CT molecular complexity index is 627. The van der Waals surface area contributed by atoms with E-state index in [0.29, 0.717) is 29.4 Å². The third-order valence-corrected chi connectivity index (χ3v) is 3.07. The van der Waals surface area contributed by atoms with Gasteiger partial charge in [-0.05, 0) is 37.6 Å². The normalized spacial score (nSPS) is 10.4. The minimum absolute atomic E-state index is 0.228. The zero-order chi connectivity index (χ0) is 14.7. The summed E-state index contributed by atoms with van der Waals surface area (Å²) in [6.45, 7) is 5.56. The van der Waals surface area contributed by atoms with Crippen LogP contribution in [0.25, 0.3) is 0 Å². The van der Waals surface area contributed by atoms with Crippen molar-refractivity contribution < 1.29 is 4.39 Å². The van der Waals surface area contributed by atoms with Gasteiger partial charge in [0.2, 0.25) is 0 Å². The summed E-state index contributed by atoms with van der Waals surface area (Å²) in [6, 6.07) is 4.83. The van der Waals surface area contributed by atoms with Crippen LogP contribution in [0.4, 0.5) is 21.7 Å². The van der Waals surface area contributed by atoms with Crippen molar-refractivity contribution in [3.05, 3.63) is 41.0 Å². The molecule has 1 heterocycles. The van der Waals surface area contributed by atoms with Crippen LogP contribution in [0.3, 0.4) is 0 Å². The lowest BCUT2D eigenvalue weighted by Gasteiger charge is -2.13. The molecular formula is C14H18FN5. The van der Waals surface area contributed by atoms with Crippen LogP contribution in [0, 0.1) is 19.7 Å². The minimum atomic E-state index is -0.228. The first-order chi connectivity index (χ1) is 9.55. The van der Waals surface area contributed by atoms with E-state index in [1.165, 1.54) is 6.07 Å². The van der Waals surface area contributed by atoms with Crippen LogP contribution in [0.2, 0.25) is 0 Å². The second-order valence-corrected chi connectivity index (χ2v) is 4.55. The Morgan fingerprint density at radius 2 is 1.90 bits per heavy atom. The number of nitrogens with two attached hydrogens (primary N) is 1. The van der Waals surface area contributed by atoms with E-state index < -0.39 is 0 Å². The molecule has 2 rings (SSSR count). The molecule has 0 aliphatic heterocycles. The fraction of sp³-hybridized carbons (Fsp3) is 0.286. The van der Waals surface area contributed by atoms with Gasteiger partial charge in [-0.15, -0.1) is 0 Å². The van der Waals surface area contributed by atoms with Crippen LogP contribution in [0.5, 0.6) is 0 Å². The first-order valence-corrected chi connectivity index (χ1v) is 6.42. The van der Waals surface area contributed by atoms with Crippen LogP contribution in [-0.2, 0) is 6.42 Å². The number of aromatic nitrogens is 2. The van der Waals surface area contributed by atoms with Gasteiger partial charge in [-0.25, -0.2) is 20.2 Å². The van der Waals surface area contributed by atoms with E-state index in [0.717, 1.165) is 11.3 Å². The monoisotopic (exact) mass is 275 g/mol. The Balaban J connectivity index is 2.39. The maximum atomic E-state index is 13.3. The predicted octanol–water partition coefficient (Wildman–Crippen LogP) is 2.82. The quantitative estimate of drug-likeness (QED) is 0.591. The molecular weight excluding hydrogens is 257 g/mol. The Morgan fingerprint density at radius 1 is 1.20 bits per heavy atom. The number of halogens is 1. The van der Waals surface area contributed by atoms with Gasteiger partial charge >= 0.3 is 0 Å². The molecule has 0 radical (unpaired) electrons. The Kier molecular flexibility index (Phi) is 4.14. The summed E-state index contributed by atoms with van der Waals surface area (Å²) >= 11 is 0. The maximum absolute atomic E-state index is 13.3. The van der Waals surface area contributed by atoms with Gasteiger partial charge in [0.05, 0.1) is 0 Å². The number of nitrogen functional groups attached to an aromatic ring is 1. The molecule has 6 heteroatoms. The largest absolute Gasteiger partial charge is 0.340 e. The third-order valence-electron chi connectivity index (χ3n) is 3.07. The predicted molar refractivity (Wildman–Crippen MR) is 78.4 cm³/mol. The number of aryl methyl sites for hydroxylation is 2. The molecule has 0 fully saturated rings. The van der Waals surface area contributed by atoms with Gasteiger partial charge in [0.25, 0.3) is 0 Å². The Hall–Kier alpha value is -2.21. The van der Waals surface area contributed by atoms with E-state index >= 15 is 0 Å². The number of nitrogens with one attached hydrogen (secondary N) is 2. The second kappa shape index (κ2) is 5.83. The smallest absolute Gasteiger partial charge is 0.148 e. The highest BCUT2D eigenvalue weighted by Gasteiger charge is 2.10. The summed E-state index contributed by atoms with van der Waals surface area (Å²) in [6.07, 6.45) is 0.700. The van der Waals surface area contributed by atoms with Gasteiger partial charge in [0.15, 0.2) is 0 Å². The molecule has 106 valence electrons. The van der Waals surface area contributed by atoms with Gasteiger partial charge in [-0.3, -0.25) is 0 Å². The zero-order valence-corrected chi connectivity index (χ0v) is 11.8. The summed E-state index contributed by atoms with van der Waals surface area (Å²) in [4.78, 5) is 8.73. The molecule has 5 nitrogen and oxygen atoms in total. The van der Waals surface area contributed by atoms with Crippen molar-refractivity contribution in [1.82, 2.24) is 9.97 Å². The lowest BCUT2D eigenvalue weighted by molar-refractivity contribution is 0.619. The molecule has 20 heavy (non-hydrogen) atoms. The lowest BCUT2D eigenvalue weighted by atomic mass is 10.2. The molecule has 0 atom stereocenters. The molecule has 0 spiro atoms. The van der Waals surface area contributed by atoms with Crippen molar-refractivity contribution in [1.29, 1.82) is 0 Å². The van der Waals surface area contributed by atoms with E-state index in [-0.39, 0.29) is 5.82 Å². The molecule has 0 aliphatic carbocycles. The fourth-order valence-electron chi connectivity index (χ4n) is 1.84. The molecule has 0 saturated heterocycles. The lowest BCUT2D eigenvalue weighted by Crippen LogP contribution is -2.13. The van der Waals surface area contributed by atoms with Gasteiger partial charge in [-0.2, -0.15) is 0 Å². The van der Waals surface area contributed by atoms with E-state index in [4.69, 9.17) is 5.84 Å². The Morgan fingerprint density at radius 3 is 2.50 bits per heavy atom. The topological polar surface area (TPSA) is 75.9 Å². The molecule has 0 amide bonds. The number of rotatable bonds is 4. The van der Waals surface area contributed by atoms with Gasteiger partial charge in [0, 0.05) is 17.7 Å². The molecule has 2 aromatic rings. The average molecular weight is 275 g/mol.